The summed E-state index contributed by atoms with van der Waals surface area (Å²) in [6.07, 6.45) is 8.56. The number of fused-ring (bicyclic) bond motifs is 3. The monoisotopic (exact) mass is 438 g/mol. The van der Waals surface area contributed by atoms with Crippen LogP contribution in [0.2, 0.25) is 0 Å². The quantitative estimate of drug-likeness (QED) is 0.403. The molecule has 168 valence electrons. The summed E-state index contributed by atoms with van der Waals surface area (Å²) in [7, 11) is 0. The van der Waals surface area contributed by atoms with Gasteiger partial charge in [0.15, 0.2) is 0 Å². The molecule has 0 bridgehead atoms. The van der Waals surface area contributed by atoms with Crippen molar-refractivity contribution in [3.63, 3.8) is 0 Å². The van der Waals surface area contributed by atoms with Gasteiger partial charge in [-0.3, -0.25) is 0 Å². The van der Waals surface area contributed by atoms with Gasteiger partial charge in [-0.15, -0.1) is 0 Å². The van der Waals surface area contributed by atoms with E-state index in [0.717, 1.165) is 57.9 Å². The van der Waals surface area contributed by atoms with Gasteiger partial charge in [0.25, 0.3) is 0 Å². The Labute approximate surface area is 196 Å². The Kier molecular flexibility index (Phi) is 5.72. The predicted octanol–water partition coefficient (Wildman–Crippen LogP) is 7.34. The van der Waals surface area contributed by atoms with Crippen LogP contribution in [0.5, 0.6) is 17.2 Å². The molecule has 0 spiro atoms. The van der Waals surface area contributed by atoms with Crippen molar-refractivity contribution in [1.29, 1.82) is 0 Å². The molecule has 33 heavy (non-hydrogen) atoms. The van der Waals surface area contributed by atoms with Crippen LogP contribution in [0.3, 0.4) is 0 Å². The second kappa shape index (κ2) is 8.82. The average molecular weight is 439 g/mol. The van der Waals surface area contributed by atoms with Crippen molar-refractivity contribution in [2.45, 2.75) is 45.8 Å². The van der Waals surface area contributed by atoms with Crippen molar-refractivity contribution < 1.29 is 14.2 Å². The van der Waals surface area contributed by atoms with Gasteiger partial charge in [-0.05, 0) is 67.8 Å². The van der Waals surface area contributed by atoms with E-state index in [9.17, 15) is 0 Å². The maximum absolute atomic E-state index is 6.34. The number of ether oxygens (including phenoxy) is 3. The van der Waals surface area contributed by atoms with Crippen LogP contribution >= 0.6 is 0 Å². The lowest BCUT2D eigenvalue weighted by molar-refractivity contribution is 0.158. The van der Waals surface area contributed by atoms with Crippen LogP contribution in [0.15, 0.2) is 66.7 Å². The zero-order valence-corrected chi connectivity index (χ0v) is 19.6. The van der Waals surface area contributed by atoms with Gasteiger partial charge in [0, 0.05) is 16.7 Å². The van der Waals surface area contributed by atoms with Gasteiger partial charge < -0.3 is 14.2 Å². The Bertz CT molecular complexity index is 1220. The number of aryl methyl sites for hydroxylation is 1. The summed E-state index contributed by atoms with van der Waals surface area (Å²) in [6, 6.07) is 21.0. The van der Waals surface area contributed by atoms with Crippen LogP contribution in [-0.2, 0) is 13.0 Å². The van der Waals surface area contributed by atoms with Crippen LogP contribution in [0, 0.1) is 0 Å². The van der Waals surface area contributed by atoms with Crippen molar-refractivity contribution in [2.75, 3.05) is 6.61 Å². The summed E-state index contributed by atoms with van der Waals surface area (Å²) in [5, 5.41) is 0. The third-order valence-electron chi connectivity index (χ3n) is 6.08. The molecule has 3 heteroatoms. The first kappa shape index (κ1) is 21.4. The smallest absolute Gasteiger partial charge is 0.137 e. The molecule has 0 fully saturated rings. The number of hydrogen-bond acceptors (Lipinski definition) is 3. The second-order valence-electron chi connectivity index (χ2n) is 9.25. The van der Waals surface area contributed by atoms with E-state index in [1.165, 1.54) is 5.56 Å². The second-order valence-corrected chi connectivity index (χ2v) is 9.25. The summed E-state index contributed by atoms with van der Waals surface area (Å²) in [6.45, 7) is 7.36. The zero-order chi connectivity index (χ0) is 22.8. The molecule has 3 nitrogen and oxygen atoms in total. The fourth-order valence-electron chi connectivity index (χ4n) is 4.39. The van der Waals surface area contributed by atoms with Crippen molar-refractivity contribution >= 4 is 17.7 Å². The van der Waals surface area contributed by atoms with E-state index < -0.39 is 0 Å². The van der Waals surface area contributed by atoms with Crippen LogP contribution in [-0.4, -0.2) is 12.2 Å². The lowest BCUT2D eigenvalue weighted by atomic mass is 9.94. The summed E-state index contributed by atoms with van der Waals surface area (Å²) in [4.78, 5) is 0. The molecule has 5 rings (SSSR count). The summed E-state index contributed by atoms with van der Waals surface area (Å²) >= 11 is 0. The lowest BCUT2D eigenvalue weighted by Crippen LogP contribution is -2.27. The van der Waals surface area contributed by atoms with Gasteiger partial charge in [0.1, 0.15) is 36.1 Å². The number of hydrogen-bond donors (Lipinski definition) is 0. The first-order valence-electron chi connectivity index (χ1n) is 11.7. The van der Waals surface area contributed by atoms with Crippen LogP contribution in [0.25, 0.3) is 17.7 Å². The fraction of sp³-hybridized carbons (Fsp3) is 0.267. The van der Waals surface area contributed by atoms with E-state index in [2.05, 4.69) is 75.4 Å². The molecule has 0 radical (unpaired) electrons. The highest BCUT2D eigenvalue weighted by molar-refractivity contribution is 5.89. The Morgan fingerprint density at radius 1 is 0.970 bits per heavy atom. The van der Waals surface area contributed by atoms with Crippen molar-refractivity contribution in [1.82, 2.24) is 0 Å². The minimum absolute atomic E-state index is 0.303. The van der Waals surface area contributed by atoms with Gasteiger partial charge in [-0.1, -0.05) is 55.8 Å². The third-order valence-corrected chi connectivity index (χ3v) is 6.08. The molecule has 2 aliphatic rings. The lowest BCUT2D eigenvalue weighted by Gasteiger charge is -2.30. The summed E-state index contributed by atoms with van der Waals surface area (Å²) in [5.41, 5.74) is 6.43. The first-order valence-corrected chi connectivity index (χ1v) is 11.7. The van der Waals surface area contributed by atoms with Crippen molar-refractivity contribution in [3.8, 4) is 17.2 Å². The molecule has 0 N–H and O–H groups in total. The highest BCUT2D eigenvalue weighted by atomic mass is 16.5. The largest absolute Gasteiger partial charge is 0.488 e. The molecular formula is C30H30O3. The first-order chi connectivity index (χ1) is 16.0. The molecule has 0 aliphatic carbocycles. The van der Waals surface area contributed by atoms with E-state index in [-0.39, 0.29) is 5.60 Å². The standard InChI is InChI=1S/C30H30O3/c1-4-8-21-11-13-25(28(17-21)31-19-22-9-6-5-7-10-22)24-18-23-12-14-27-26(29(23)32-20-24)15-16-30(2,3)33-27/h5-7,9-18H,4,8,19-20H2,1-3H3. The molecule has 0 atom stereocenters. The maximum Gasteiger partial charge on any atom is 0.137 e. The topological polar surface area (TPSA) is 27.7 Å². The Morgan fingerprint density at radius 3 is 2.64 bits per heavy atom. The predicted molar refractivity (Wildman–Crippen MR) is 135 cm³/mol. The maximum atomic E-state index is 6.34. The molecule has 2 aliphatic heterocycles. The van der Waals surface area contributed by atoms with Crippen LogP contribution in [0.1, 0.15) is 55.0 Å². The average Bonchev–Trinajstić information content (AvgIpc) is 2.82. The molecule has 0 saturated heterocycles. The fourth-order valence-corrected chi connectivity index (χ4v) is 4.39. The normalized spacial score (nSPS) is 15.5. The highest BCUT2D eigenvalue weighted by Gasteiger charge is 2.27. The van der Waals surface area contributed by atoms with E-state index >= 15 is 0 Å². The minimum atomic E-state index is -0.303. The molecule has 2 heterocycles. The summed E-state index contributed by atoms with van der Waals surface area (Å²) in [5.74, 6) is 2.66. The van der Waals surface area contributed by atoms with Crippen LogP contribution in [0.4, 0.5) is 0 Å². The molecule has 0 unspecified atom stereocenters. The van der Waals surface area contributed by atoms with E-state index in [0.29, 0.717) is 13.2 Å². The Balaban J connectivity index is 1.48. The molecular weight excluding hydrogens is 408 g/mol. The van der Waals surface area contributed by atoms with Gasteiger partial charge in [-0.25, -0.2) is 0 Å². The third kappa shape index (κ3) is 4.54. The Morgan fingerprint density at radius 2 is 1.82 bits per heavy atom. The summed E-state index contributed by atoms with van der Waals surface area (Å²) < 4.78 is 18.8. The molecule has 0 saturated carbocycles. The molecule has 3 aromatic carbocycles. The van der Waals surface area contributed by atoms with Gasteiger partial charge >= 0.3 is 0 Å². The van der Waals surface area contributed by atoms with Crippen molar-refractivity contribution in [3.05, 3.63) is 94.6 Å². The minimum Gasteiger partial charge on any atom is -0.488 e. The van der Waals surface area contributed by atoms with E-state index in [1.54, 1.807) is 0 Å². The van der Waals surface area contributed by atoms with Crippen molar-refractivity contribution in [2.24, 2.45) is 0 Å². The van der Waals surface area contributed by atoms with E-state index in [1.807, 2.05) is 24.3 Å². The molecule has 0 amide bonds. The molecule has 3 aromatic rings. The number of benzene rings is 3. The van der Waals surface area contributed by atoms with Gasteiger partial charge in [-0.2, -0.15) is 0 Å². The van der Waals surface area contributed by atoms with Gasteiger partial charge in [0.2, 0.25) is 0 Å². The number of rotatable bonds is 6. The Hall–Kier alpha value is -3.46. The zero-order valence-electron chi connectivity index (χ0n) is 19.6. The van der Waals surface area contributed by atoms with E-state index in [4.69, 9.17) is 14.2 Å². The SMILES string of the molecule is CCCc1ccc(C2=Cc3ccc4c(c3OC2)C=CC(C)(C)O4)c(OCc2ccccc2)c1. The molecule has 0 aromatic heterocycles. The highest BCUT2D eigenvalue weighted by Crippen LogP contribution is 2.43. The van der Waals surface area contributed by atoms with Gasteiger partial charge in [0.05, 0.1) is 5.56 Å². The van der Waals surface area contributed by atoms with Crippen LogP contribution < -0.4 is 14.2 Å².